The van der Waals surface area contributed by atoms with E-state index in [1.54, 1.807) is 44.2 Å². The first-order chi connectivity index (χ1) is 13.4. The second-order valence-corrected chi connectivity index (χ2v) is 6.87. The van der Waals surface area contributed by atoms with Gasteiger partial charge in [0.1, 0.15) is 0 Å². The number of hydrogen-bond donors (Lipinski definition) is 2. The largest absolute Gasteiger partial charge is 0.459 e. The number of fused-ring (bicyclic) bond motifs is 1. The summed E-state index contributed by atoms with van der Waals surface area (Å²) in [5.41, 5.74) is 1.66. The average molecular weight is 392 g/mol. The van der Waals surface area contributed by atoms with Crippen LogP contribution >= 0.6 is 12.2 Å². The molecule has 0 heterocycles. The minimum absolute atomic E-state index is 0.176. The van der Waals surface area contributed by atoms with E-state index in [9.17, 15) is 9.59 Å². The van der Waals surface area contributed by atoms with E-state index in [2.05, 4.69) is 10.6 Å². The van der Waals surface area contributed by atoms with Crippen LogP contribution in [0.5, 0.6) is 0 Å². The molecule has 0 aromatic heterocycles. The summed E-state index contributed by atoms with van der Waals surface area (Å²) in [6.07, 6.45) is -0.179. The third-order valence-electron chi connectivity index (χ3n) is 3.98. The van der Waals surface area contributed by atoms with Crippen molar-refractivity contribution in [3.05, 3.63) is 77.9 Å². The van der Waals surface area contributed by atoms with Crippen LogP contribution < -0.4 is 10.6 Å². The lowest BCUT2D eigenvalue weighted by atomic mass is 10.0. The maximum absolute atomic E-state index is 12.6. The van der Waals surface area contributed by atoms with Gasteiger partial charge >= 0.3 is 5.97 Å². The molecule has 5 nitrogen and oxygen atoms in total. The van der Waals surface area contributed by atoms with Gasteiger partial charge in [0.05, 0.1) is 11.7 Å². The van der Waals surface area contributed by atoms with E-state index in [1.165, 1.54) is 0 Å². The van der Waals surface area contributed by atoms with Gasteiger partial charge in [0, 0.05) is 11.3 Å². The number of anilines is 1. The molecule has 3 rings (SSSR count). The molecule has 0 saturated heterocycles. The molecule has 0 fully saturated rings. The van der Waals surface area contributed by atoms with Gasteiger partial charge in [-0.05, 0) is 67.2 Å². The number of ether oxygens (including phenoxy) is 1. The first-order valence-corrected chi connectivity index (χ1v) is 9.26. The predicted octanol–water partition coefficient (Wildman–Crippen LogP) is 4.53. The maximum Gasteiger partial charge on any atom is 0.338 e. The van der Waals surface area contributed by atoms with E-state index in [4.69, 9.17) is 17.0 Å². The molecule has 0 aliphatic rings. The molecule has 0 saturated carbocycles. The summed E-state index contributed by atoms with van der Waals surface area (Å²) in [7, 11) is 0. The smallest absolute Gasteiger partial charge is 0.338 e. The molecule has 2 N–H and O–H groups in total. The Morgan fingerprint density at radius 3 is 2.32 bits per heavy atom. The summed E-state index contributed by atoms with van der Waals surface area (Å²) in [5.74, 6) is -0.667. The Balaban J connectivity index is 1.65. The van der Waals surface area contributed by atoms with Crippen LogP contribution in [0.2, 0.25) is 0 Å². The molecule has 6 heteroatoms. The molecule has 3 aromatic rings. The van der Waals surface area contributed by atoms with Crippen molar-refractivity contribution in [3.8, 4) is 0 Å². The van der Waals surface area contributed by atoms with Gasteiger partial charge in [0.25, 0.3) is 5.91 Å². The second kappa shape index (κ2) is 8.63. The number of esters is 1. The van der Waals surface area contributed by atoms with Crippen molar-refractivity contribution in [1.29, 1.82) is 0 Å². The SMILES string of the molecule is CC(C)OC(=O)c1ccc(NC(=S)NC(=O)c2cccc3ccccc23)cc1. The maximum atomic E-state index is 12.6. The van der Waals surface area contributed by atoms with Crippen molar-refractivity contribution in [3.63, 3.8) is 0 Å². The number of carbonyl (C=O) groups excluding carboxylic acids is 2. The Kier molecular flexibility index (Phi) is 6.01. The number of carbonyl (C=O) groups is 2. The van der Waals surface area contributed by atoms with Gasteiger partial charge < -0.3 is 10.1 Å². The summed E-state index contributed by atoms with van der Waals surface area (Å²) in [4.78, 5) is 24.5. The highest BCUT2D eigenvalue weighted by Gasteiger charge is 2.12. The van der Waals surface area contributed by atoms with Crippen LogP contribution in [0.15, 0.2) is 66.7 Å². The van der Waals surface area contributed by atoms with Crippen LogP contribution in [0, 0.1) is 0 Å². The van der Waals surface area contributed by atoms with Crippen molar-refractivity contribution in [2.75, 3.05) is 5.32 Å². The molecular formula is C22H20N2O3S. The van der Waals surface area contributed by atoms with Crippen molar-refractivity contribution >= 4 is 45.7 Å². The summed E-state index contributed by atoms with van der Waals surface area (Å²) >= 11 is 5.24. The number of hydrogen-bond acceptors (Lipinski definition) is 4. The second-order valence-electron chi connectivity index (χ2n) is 6.47. The Hall–Kier alpha value is -3.25. The van der Waals surface area contributed by atoms with Crippen LogP contribution in [0.1, 0.15) is 34.6 Å². The molecule has 0 bridgehead atoms. The van der Waals surface area contributed by atoms with Crippen LogP contribution in [0.3, 0.4) is 0 Å². The number of benzene rings is 3. The fourth-order valence-corrected chi connectivity index (χ4v) is 2.94. The zero-order chi connectivity index (χ0) is 20.1. The van der Waals surface area contributed by atoms with Crippen molar-refractivity contribution in [2.45, 2.75) is 20.0 Å². The van der Waals surface area contributed by atoms with Crippen LogP contribution in [-0.2, 0) is 4.74 Å². The molecule has 0 atom stereocenters. The first-order valence-electron chi connectivity index (χ1n) is 8.85. The Labute approximate surface area is 168 Å². The number of thiocarbonyl (C=S) groups is 1. The van der Waals surface area contributed by atoms with Crippen LogP contribution in [0.25, 0.3) is 10.8 Å². The third-order valence-corrected chi connectivity index (χ3v) is 4.19. The fourth-order valence-electron chi connectivity index (χ4n) is 2.73. The minimum Gasteiger partial charge on any atom is -0.459 e. The van der Waals surface area contributed by atoms with Crippen LogP contribution in [-0.4, -0.2) is 23.1 Å². The quantitative estimate of drug-likeness (QED) is 0.504. The monoisotopic (exact) mass is 392 g/mol. The minimum atomic E-state index is -0.381. The zero-order valence-corrected chi connectivity index (χ0v) is 16.4. The van der Waals surface area contributed by atoms with E-state index in [0.29, 0.717) is 16.8 Å². The lowest BCUT2D eigenvalue weighted by Crippen LogP contribution is -2.34. The molecule has 1 amide bonds. The summed E-state index contributed by atoms with van der Waals surface area (Å²) < 4.78 is 5.15. The van der Waals surface area contributed by atoms with Gasteiger partial charge in [-0.25, -0.2) is 4.79 Å². The Morgan fingerprint density at radius 1 is 0.929 bits per heavy atom. The van der Waals surface area contributed by atoms with E-state index in [1.807, 2.05) is 36.4 Å². The summed E-state index contributed by atoms with van der Waals surface area (Å²) in [5, 5.41) is 7.66. The topological polar surface area (TPSA) is 67.4 Å². The standard InChI is InChI=1S/C22H20N2O3S/c1-14(2)27-21(26)16-10-12-17(13-11-16)23-22(28)24-20(25)19-9-5-7-15-6-3-4-8-18(15)19/h3-14H,1-2H3,(H2,23,24,25,28). The van der Waals surface area contributed by atoms with Gasteiger partial charge in [0.15, 0.2) is 5.11 Å². The first kappa shape index (κ1) is 19.5. The Bertz CT molecular complexity index is 1020. The number of nitrogens with one attached hydrogen (secondary N) is 2. The van der Waals surface area contributed by atoms with Crippen molar-refractivity contribution in [2.24, 2.45) is 0 Å². The lowest BCUT2D eigenvalue weighted by molar-refractivity contribution is 0.0378. The van der Waals surface area contributed by atoms with Gasteiger partial charge in [-0.1, -0.05) is 36.4 Å². The average Bonchev–Trinajstić information content (AvgIpc) is 2.67. The van der Waals surface area contributed by atoms with E-state index in [0.717, 1.165) is 10.8 Å². The molecule has 0 spiro atoms. The van der Waals surface area contributed by atoms with Crippen molar-refractivity contribution < 1.29 is 14.3 Å². The molecular weight excluding hydrogens is 372 g/mol. The Morgan fingerprint density at radius 2 is 1.61 bits per heavy atom. The molecule has 142 valence electrons. The van der Waals surface area contributed by atoms with E-state index in [-0.39, 0.29) is 23.1 Å². The predicted molar refractivity (Wildman–Crippen MR) is 115 cm³/mol. The number of amides is 1. The van der Waals surface area contributed by atoms with Gasteiger partial charge in [-0.15, -0.1) is 0 Å². The highest BCUT2D eigenvalue weighted by molar-refractivity contribution is 7.80. The number of rotatable bonds is 4. The molecule has 0 aliphatic heterocycles. The molecule has 28 heavy (non-hydrogen) atoms. The highest BCUT2D eigenvalue weighted by atomic mass is 32.1. The van der Waals surface area contributed by atoms with E-state index >= 15 is 0 Å². The van der Waals surface area contributed by atoms with E-state index < -0.39 is 0 Å². The highest BCUT2D eigenvalue weighted by Crippen LogP contribution is 2.18. The summed E-state index contributed by atoms with van der Waals surface area (Å²) in [6, 6.07) is 19.9. The molecule has 0 unspecified atom stereocenters. The van der Waals surface area contributed by atoms with Gasteiger partial charge in [-0.3, -0.25) is 10.1 Å². The van der Waals surface area contributed by atoms with Crippen molar-refractivity contribution in [1.82, 2.24) is 5.32 Å². The van der Waals surface area contributed by atoms with Gasteiger partial charge in [-0.2, -0.15) is 0 Å². The fraction of sp³-hybridized carbons (Fsp3) is 0.136. The van der Waals surface area contributed by atoms with Crippen LogP contribution in [0.4, 0.5) is 5.69 Å². The van der Waals surface area contributed by atoms with Gasteiger partial charge in [0.2, 0.25) is 0 Å². The zero-order valence-electron chi connectivity index (χ0n) is 15.6. The normalized spacial score (nSPS) is 10.5. The molecule has 3 aromatic carbocycles. The molecule has 0 aliphatic carbocycles. The lowest BCUT2D eigenvalue weighted by Gasteiger charge is -2.12. The third kappa shape index (κ3) is 4.72. The summed E-state index contributed by atoms with van der Waals surface area (Å²) in [6.45, 7) is 3.59. The molecule has 0 radical (unpaired) electrons.